The summed E-state index contributed by atoms with van der Waals surface area (Å²) in [4.78, 5) is 26.7. The Morgan fingerprint density at radius 1 is 1.41 bits per heavy atom. The standard InChI is InChI=1S/C16H16FN7O3/c1-10-14(24(26)27)8-23(20-10)11(2)15(25)19-16-18-9-22(21-16)7-12-4-3-5-13(17)6-12/h3-6,8-9,11H,7H2,1-2H3,(H,19,21,25). The fourth-order valence-corrected chi connectivity index (χ4v) is 2.43. The fraction of sp³-hybridized carbons (Fsp3) is 0.250. The molecule has 1 unspecified atom stereocenters. The number of rotatable bonds is 6. The van der Waals surface area contributed by atoms with Gasteiger partial charge in [-0.15, -0.1) is 5.10 Å². The average Bonchev–Trinajstić information content (AvgIpc) is 3.20. The van der Waals surface area contributed by atoms with Crippen LogP contribution < -0.4 is 5.32 Å². The third-order valence-electron chi connectivity index (χ3n) is 3.87. The van der Waals surface area contributed by atoms with Crippen LogP contribution in [0.4, 0.5) is 16.0 Å². The van der Waals surface area contributed by atoms with Gasteiger partial charge in [-0.25, -0.2) is 14.1 Å². The molecule has 1 N–H and O–H groups in total. The number of amides is 1. The lowest BCUT2D eigenvalue weighted by molar-refractivity contribution is -0.385. The molecule has 1 atom stereocenters. The number of benzene rings is 1. The van der Waals surface area contributed by atoms with E-state index in [2.05, 4.69) is 20.5 Å². The summed E-state index contributed by atoms with van der Waals surface area (Å²) in [6.07, 6.45) is 2.61. The Hall–Kier alpha value is -3.63. The van der Waals surface area contributed by atoms with Gasteiger partial charge >= 0.3 is 5.69 Å². The molecule has 2 aromatic heterocycles. The summed E-state index contributed by atoms with van der Waals surface area (Å²) in [7, 11) is 0. The van der Waals surface area contributed by atoms with Crippen LogP contribution >= 0.6 is 0 Å². The number of carbonyl (C=O) groups is 1. The molecule has 0 saturated carbocycles. The molecule has 0 spiro atoms. The van der Waals surface area contributed by atoms with E-state index in [1.807, 2.05) is 0 Å². The minimum atomic E-state index is -0.799. The molecule has 27 heavy (non-hydrogen) atoms. The minimum Gasteiger partial charge on any atom is -0.291 e. The molecule has 0 aliphatic rings. The van der Waals surface area contributed by atoms with E-state index in [9.17, 15) is 19.3 Å². The van der Waals surface area contributed by atoms with Gasteiger partial charge < -0.3 is 0 Å². The second kappa shape index (κ2) is 7.32. The summed E-state index contributed by atoms with van der Waals surface area (Å²) in [5.74, 6) is -0.754. The summed E-state index contributed by atoms with van der Waals surface area (Å²) in [6, 6.07) is 5.27. The van der Waals surface area contributed by atoms with Crippen molar-refractivity contribution in [1.29, 1.82) is 0 Å². The van der Waals surface area contributed by atoms with Gasteiger partial charge in [-0.3, -0.25) is 24.9 Å². The van der Waals surface area contributed by atoms with Gasteiger partial charge in [0.1, 0.15) is 30.1 Å². The van der Waals surface area contributed by atoms with Gasteiger partial charge in [-0.1, -0.05) is 12.1 Å². The van der Waals surface area contributed by atoms with Crippen LogP contribution in [0.5, 0.6) is 0 Å². The molecule has 10 nitrogen and oxygen atoms in total. The Morgan fingerprint density at radius 2 is 2.19 bits per heavy atom. The third kappa shape index (κ3) is 4.14. The summed E-state index contributed by atoms with van der Waals surface area (Å²) in [6.45, 7) is 3.34. The molecule has 0 bridgehead atoms. The molecule has 1 aromatic carbocycles. The zero-order chi connectivity index (χ0) is 19.6. The zero-order valence-electron chi connectivity index (χ0n) is 14.5. The van der Waals surface area contributed by atoms with Crippen molar-refractivity contribution < 1.29 is 14.1 Å². The molecule has 0 aliphatic heterocycles. The molecule has 0 radical (unpaired) electrons. The first kappa shape index (κ1) is 18.2. The van der Waals surface area contributed by atoms with E-state index in [-0.39, 0.29) is 23.1 Å². The third-order valence-corrected chi connectivity index (χ3v) is 3.87. The van der Waals surface area contributed by atoms with Gasteiger partial charge in [0.15, 0.2) is 0 Å². The van der Waals surface area contributed by atoms with Gasteiger partial charge in [0.25, 0.3) is 5.91 Å². The Labute approximate surface area is 152 Å². The summed E-state index contributed by atoms with van der Waals surface area (Å²) in [5, 5.41) is 21.5. The Morgan fingerprint density at radius 3 is 2.85 bits per heavy atom. The highest BCUT2D eigenvalue weighted by molar-refractivity contribution is 5.91. The highest BCUT2D eigenvalue weighted by Gasteiger charge is 2.23. The lowest BCUT2D eigenvalue weighted by Crippen LogP contribution is -2.24. The Balaban J connectivity index is 1.66. The van der Waals surface area contributed by atoms with Gasteiger partial charge in [0, 0.05) is 0 Å². The van der Waals surface area contributed by atoms with Crippen LogP contribution in [0.25, 0.3) is 0 Å². The molecule has 3 aromatic rings. The van der Waals surface area contributed by atoms with Gasteiger partial charge in [0.2, 0.25) is 5.95 Å². The normalized spacial score (nSPS) is 12.0. The van der Waals surface area contributed by atoms with Crippen LogP contribution in [-0.4, -0.2) is 35.4 Å². The zero-order valence-corrected chi connectivity index (χ0v) is 14.5. The number of nitrogens with one attached hydrogen (secondary N) is 1. The average molecular weight is 373 g/mol. The van der Waals surface area contributed by atoms with Crippen LogP contribution in [0, 0.1) is 22.9 Å². The first-order valence-electron chi connectivity index (χ1n) is 7.98. The number of aryl methyl sites for hydroxylation is 1. The SMILES string of the molecule is Cc1nn(C(C)C(=O)Nc2ncn(Cc3cccc(F)c3)n2)cc1[N+](=O)[O-]. The van der Waals surface area contributed by atoms with E-state index in [0.717, 1.165) is 0 Å². The van der Waals surface area contributed by atoms with Crippen molar-refractivity contribution in [2.75, 3.05) is 5.32 Å². The summed E-state index contributed by atoms with van der Waals surface area (Å²) < 4.78 is 15.9. The number of hydrogen-bond donors (Lipinski definition) is 1. The highest BCUT2D eigenvalue weighted by Crippen LogP contribution is 2.19. The van der Waals surface area contributed by atoms with E-state index >= 15 is 0 Å². The number of nitro groups is 1. The van der Waals surface area contributed by atoms with E-state index in [4.69, 9.17) is 0 Å². The van der Waals surface area contributed by atoms with Crippen molar-refractivity contribution in [3.05, 3.63) is 64.0 Å². The quantitative estimate of drug-likeness (QED) is 0.522. The van der Waals surface area contributed by atoms with E-state index in [1.54, 1.807) is 19.1 Å². The number of anilines is 1. The lowest BCUT2D eigenvalue weighted by Gasteiger charge is -2.10. The van der Waals surface area contributed by atoms with Crippen LogP contribution in [0.15, 0.2) is 36.8 Å². The molecule has 0 aliphatic carbocycles. The predicted octanol–water partition coefficient (Wildman–Crippen LogP) is 2.08. The van der Waals surface area contributed by atoms with E-state index < -0.39 is 16.9 Å². The highest BCUT2D eigenvalue weighted by atomic mass is 19.1. The van der Waals surface area contributed by atoms with Crippen LogP contribution in [0.3, 0.4) is 0 Å². The molecule has 0 saturated heterocycles. The van der Waals surface area contributed by atoms with Crippen LogP contribution in [0.2, 0.25) is 0 Å². The number of aromatic nitrogens is 5. The second-order valence-corrected chi connectivity index (χ2v) is 5.90. The molecular formula is C16H16FN7O3. The molecule has 140 valence electrons. The Bertz CT molecular complexity index is 998. The summed E-state index contributed by atoms with van der Waals surface area (Å²) in [5.41, 5.74) is 0.759. The number of halogens is 1. The molecule has 0 fully saturated rings. The van der Waals surface area contributed by atoms with Crippen LogP contribution in [0.1, 0.15) is 24.2 Å². The van der Waals surface area contributed by atoms with Gasteiger partial charge in [-0.05, 0) is 31.5 Å². The maximum absolute atomic E-state index is 13.2. The van der Waals surface area contributed by atoms with Crippen molar-refractivity contribution in [2.45, 2.75) is 26.4 Å². The lowest BCUT2D eigenvalue weighted by atomic mass is 10.2. The monoisotopic (exact) mass is 373 g/mol. The van der Waals surface area contributed by atoms with Crippen molar-refractivity contribution in [3.8, 4) is 0 Å². The molecule has 3 rings (SSSR count). The van der Waals surface area contributed by atoms with Crippen LogP contribution in [-0.2, 0) is 11.3 Å². The van der Waals surface area contributed by atoms with Crippen molar-refractivity contribution >= 4 is 17.5 Å². The maximum atomic E-state index is 13.2. The smallest absolute Gasteiger partial charge is 0.291 e. The topological polar surface area (TPSA) is 121 Å². The predicted molar refractivity (Wildman–Crippen MR) is 92.5 cm³/mol. The van der Waals surface area contributed by atoms with Crippen molar-refractivity contribution in [3.63, 3.8) is 0 Å². The molecular weight excluding hydrogens is 357 g/mol. The van der Waals surface area contributed by atoms with E-state index in [1.165, 1.54) is 40.9 Å². The number of hydrogen-bond acceptors (Lipinski definition) is 6. The minimum absolute atomic E-state index is 0.0710. The molecule has 2 heterocycles. The fourth-order valence-electron chi connectivity index (χ4n) is 2.43. The van der Waals surface area contributed by atoms with Gasteiger partial charge in [-0.2, -0.15) is 5.10 Å². The number of nitrogens with zero attached hydrogens (tertiary/aromatic N) is 6. The maximum Gasteiger partial charge on any atom is 0.309 e. The molecule has 11 heteroatoms. The first-order valence-corrected chi connectivity index (χ1v) is 7.98. The van der Waals surface area contributed by atoms with Gasteiger partial charge in [0.05, 0.1) is 11.5 Å². The van der Waals surface area contributed by atoms with Crippen molar-refractivity contribution in [1.82, 2.24) is 24.5 Å². The summed E-state index contributed by atoms with van der Waals surface area (Å²) >= 11 is 0. The Kier molecular flexibility index (Phi) is 4.92. The number of carbonyl (C=O) groups excluding carboxylic acids is 1. The van der Waals surface area contributed by atoms with Crippen molar-refractivity contribution in [2.24, 2.45) is 0 Å². The largest absolute Gasteiger partial charge is 0.309 e. The van der Waals surface area contributed by atoms with E-state index in [0.29, 0.717) is 12.1 Å². The molecule has 1 amide bonds. The first-order chi connectivity index (χ1) is 12.8. The second-order valence-electron chi connectivity index (χ2n) is 5.90.